The topological polar surface area (TPSA) is 62.7 Å². The molecule has 0 aliphatic carbocycles. The van der Waals surface area contributed by atoms with Crippen LogP contribution in [0.4, 0.5) is 0 Å². The summed E-state index contributed by atoms with van der Waals surface area (Å²) < 4.78 is 5.74. The van der Waals surface area contributed by atoms with E-state index in [2.05, 4.69) is 4.98 Å². The number of aromatic nitrogens is 1. The van der Waals surface area contributed by atoms with Crippen LogP contribution in [0.2, 0.25) is 0 Å². The van der Waals surface area contributed by atoms with Gasteiger partial charge in [0, 0.05) is 44.4 Å². The first kappa shape index (κ1) is 22.5. The number of nitrogens with zero attached hydrogens (tertiary/aromatic N) is 3. The van der Waals surface area contributed by atoms with Gasteiger partial charge in [-0.1, -0.05) is 18.2 Å². The maximum atomic E-state index is 12.5. The molecule has 0 N–H and O–H groups in total. The summed E-state index contributed by atoms with van der Waals surface area (Å²) in [6, 6.07) is 13.3. The van der Waals surface area contributed by atoms with Crippen LogP contribution in [0, 0.1) is 5.92 Å². The molecule has 0 radical (unpaired) electrons. The lowest BCUT2D eigenvalue weighted by Gasteiger charge is -2.33. The Hall–Kier alpha value is -3.15. The molecule has 1 aromatic carbocycles. The lowest BCUT2D eigenvalue weighted by Crippen LogP contribution is -2.44. The minimum absolute atomic E-state index is 0.00998. The summed E-state index contributed by atoms with van der Waals surface area (Å²) in [5.74, 6) is 1.00. The van der Waals surface area contributed by atoms with Gasteiger partial charge in [0.1, 0.15) is 12.4 Å². The number of likely N-dealkylation sites (tertiary alicyclic amines) is 1. The van der Waals surface area contributed by atoms with Crippen LogP contribution >= 0.6 is 0 Å². The SMILES string of the molecule is CCN(CC)C(=O)C1CCN(C(=O)/C=C/c2ccc(OCc3ccccn3)cc2)CC1. The molecule has 0 atom stereocenters. The molecule has 1 saturated heterocycles. The molecule has 1 fully saturated rings. The Morgan fingerprint density at radius 3 is 2.42 bits per heavy atom. The molecule has 164 valence electrons. The van der Waals surface area contributed by atoms with E-state index in [9.17, 15) is 9.59 Å². The highest BCUT2D eigenvalue weighted by atomic mass is 16.5. The number of carbonyl (C=O) groups excluding carboxylic acids is 2. The van der Waals surface area contributed by atoms with E-state index in [4.69, 9.17) is 4.74 Å². The first-order valence-electron chi connectivity index (χ1n) is 11.0. The van der Waals surface area contributed by atoms with Crippen molar-refractivity contribution in [2.24, 2.45) is 5.92 Å². The zero-order valence-electron chi connectivity index (χ0n) is 18.4. The number of ether oxygens (including phenoxy) is 1. The molecular weight excluding hydrogens is 390 g/mol. The third-order valence-electron chi connectivity index (χ3n) is 5.64. The number of amides is 2. The second kappa shape index (κ2) is 11.3. The smallest absolute Gasteiger partial charge is 0.246 e. The number of piperidine rings is 1. The normalized spacial score (nSPS) is 14.6. The molecule has 1 aliphatic rings. The molecule has 6 heteroatoms. The van der Waals surface area contributed by atoms with Gasteiger partial charge in [-0.25, -0.2) is 0 Å². The van der Waals surface area contributed by atoms with Crippen molar-refractivity contribution in [2.75, 3.05) is 26.2 Å². The molecule has 1 aliphatic heterocycles. The molecule has 6 nitrogen and oxygen atoms in total. The zero-order valence-corrected chi connectivity index (χ0v) is 18.4. The highest BCUT2D eigenvalue weighted by Crippen LogP contribution is 2.20. The summed E-state index contributed by atoms with van der Waals surface area (Å²) in [6.45, 7) is 7.16. The van der Waals surface area contributed by atoms with E-state index in [0.29, 0.717) is 19.7 Å². The monoisotopic (exact) mass is 421 g/mol. The van der Waals surface area contributed by atoms with E-state index in [1.54, 1.807) is 12.3 Å². The van der Waals surface area contributed by atoms with Crippen LogP contribution in [0.15, 0.2) is 54.7 Å². The number of benzene rings is 1. The summed E-state index contributed by atoms with van der Waals surface area (Å²) >= 11 is 0. The van der Waals surface area contributed by atoms with Gasteiger partial charge >= 0.3 is 0 Å². The highest BCUT2D eigenvalue weighted by molar-refractivity contribution is 5.92. The van der Waals surface area contributed by atoms with E-state index >= 15 is 0 Å². The summed E-state index contributed by atoms with van der Waals surface area (Å²) in [4.78, 5) is 33.0. The number of rotatable bonds is 8. The van der Waals surface area contributed by atoms with Crippen molar-refractivity contribution in [3.8, 4) is 5.75 Å². The van der Waals surface area contributed by atoms with Gasteiger partial charge in [-0.05, 0) is 62.6 Å². The van der Waals surface area contributed by atoms with Gasteiger partial charge in [0.05, 0.1) is 5.69 Å². The minimum atomic E-state index is -0.00998. The Labute approximate surface area is 184 Å². The average molecular weight is 422 g/mol. The summed E-state index contributed by atoms with van der Waals surface area (Å²) in [5, 5.41) is 0. The first-order valence-corrected chi connectivity index (χ1v) is 11.0. The van der Waals surface area contributed by atoms with Crippen LogP contribution < -0.4 is 4.74 Å². The molecule has 0 bridgehead atoms. The van der Waals surface area contributed by atoms with Crippen LogP contribution in [-0.4, -0.2) is 52.8 Å². The van der Waals surface area contributed by atoms with E-state index < -0.39 is 0 Å². The van der Waals surface area contributed by atoms with Gasteiger partial charge in [-0.2, -0.15) is 0 Å². The standard InChI is InChI=1S/C25H31N3O3/c1-3-27(4-2)25(30)21-14-17-28(18-15-21)24(29)13-10-20-8-11-23(12-9-20)31-19-22-7-5-6-16-26-22/h5-13,16,21H,3-4,14-15,17-19H2,1-2H3/b13-10+. The minimum Gasteiger partial charge on any atom is -0.487 e. The maximum absolute atomic E-state index is 12.5. The fraction of sp³-hybridized carbons (Fsp3) is 0.400. The number of pyridine rings is 1. The van der Waals surface area contributed by atoms with Crippen LogP contribution in [0.5, 0.6) is 5.75 Å². The van der Waals surface area contributed by atoms with E-state index in [-0.39, 0.29) is 17.7 Å². The van der Waals surface area contributed by atoms with Crippen molar-refractivity contribution in [3.05, 3.63) is 66.0 Å². The van der Waals surface area contributed by atoms with Crippen LogP contribution in [0.25, 0.3) is 6.08 Å². The van der Waals surface area contributed by atoms with Gasteiger partial charge in [0.25, 0.3) is 0 Å². The molecule has 0 unspecified atom stereocenters. The molecule has 1 aromatic heterocycles. The molecule has 3 rings (SSSR count). The largest absolute Gasteiger partial charge is 0.487 e. The number of carbonyl (C=O) groups is 2. The van der Waals surface area contributed by atoms with Crippen LogP contribution in [-0.2, 0) is 16.2 Å². The fourth-order valence-electron chi connectivity index (χ4n) is 3.73. The Bertz CT molecular complexity index is 869. The summed E-state index contributed by atoms with van der Waals surface area (Å²) in [6.07, 6.45) is 6.64. The first-order chi connectivity index (χ1) is 15.1. The predicted molar refractivity (Wildman–Crippen MR) is 121 cm³/mol. The summed E-state index contributed by atoms with van der Waals surface area (Å²) in [7, 11) is 0. The second-order valence-corrected chi connectivity index (χ2v) is 7.62. The Morgan fingerprint density at radius 1 is 1.10 bits per heavy atom. The highest BCUT2D eigenvalue weighted by Gasteiger charge is 2.28. The molecule has 2 heterocycles. The molecule has 0 spiro atoms. The molecule has 2 amide bonds. The van der Waals surface area contributed by atoms with Crippen molar-refractivity contribution >= 4 is 17.9 Å². The van der Waals surface area contributed by atoms with E-state index in [0.717, 1.165) is 42.9 Å². The Kier molecular flexibility index (Phi) is 8.21. The summed E-state index contributed by atoms with van der Waals surface area (Å²) in [5.41, 5.74) is 1.81. The van der Waals surface area contributed by atoms with Gasteiger partial charge in [-0.15, -0.1) is 0 Å². The average Bonchev–Trinajstić information content (AvgIpc) is 2.83. The predicted octanol–water partition coefficient (Wildman–Crippen LogP) is 3.78. The van der Waals surface area contributed by atoms with Crippen molar-refractivity contribution in [2.45, 2.75) is 33.3 Å². The van der Waals surface area contributed by atoms with Crippen molar-refractivity contribution in [3.63, 3.8) is 0 Å². The van der Waals surface area contributed by atoms with Gasteiger partial charge < -0.3 is 14.5 Å². The van der Waals surface area contributed by atoms with Crippen LogP contribution in [0.3, 0.4) is 0 Å². The quantitative estimate of drug-likeness (QED) is 0.609. The Balaban J connectivity index is 1.46. The zero-order chi connectivity index (χ0) is 22.1. The Morgan fingerprint density at radius 2 is 1.81 bits per heavy atom. The van der Waals surface area contributed by atoms with Crippen molar-refractivity contribution in [1.29, 1.82) is 0 Å². The van der Waals surface area contributed by atoms with E-state index in [1.807, 2.05) is 72.2 Å². The third-order valence-corrected chi connectivity index (χ3v) is 5.64. The number of hydrogen-bond donors (Lipinski definition) is 0. The molecule has 0 saturated carbocycles. The second-order valence-electron chi connectivity index (χ2n) is 7.62. The number of hydrogen-bond acceptors (Lipinski definition) is 4. The van der Waals surface area contributed by atoms with Crippen molar-refractivity contribution < 1.29 is 14.3 Å². The van der Waals surface area contributed by atoms with E-state index in [1.165, 1.54) is 0 Å². The third kappa shape index (κ3) is 6.41. The lowest BCUT2D eigenvalue weighted by molar-refractivity contribution is -0.139. The van der Waals surface area contributed by atoms with Crippen molar-refractivity contribution in [1.82, 2.24) is 14.8 Å². The van der Waals surface area contributed by atoms with Gasteiger partial charge in [0.15, 0.2) is 0 Å². The lowest BCUT2D eigenvalue weighted by atomic mass is 9.95. The maximum Gasteiger partial charge on any atom is 0.246 e. The fourth-order valence-corrected chi connectivity index (χ4v) is 3.73. The molecule has 2 aromatic rings. The van der Waals surface area contributed by atoms with Crippen LogP contribution in [0.1, 0.15) is 37.9 Å². The molecule has 31 heavy (non-hydrogen) atoms. The van der Waals surface area contributed by atoms with Gasteiger partial charge in [0.2, 0.25) is 11.8 Å². The van der Waals surface area contributed by atoms with Gasteiger partial charge in [-0.3, -0.25) is 14.6 Å². The molecular formula is C25H31N3O3.